The standard InChI is InChI=1S/C27H30NO/c1-26(2,28(3,4)22-23-14-8-5-9-15-23)20-21-27(29,24-16-10-6-11-17-24)25-18-12-7-13-19-25/h5-19,29H,22H2,1-4H3/q+1. The zero-order chi connectivity index (χ0) is 21.0. The third-order valence-corrected chi connectivity index (χ3v) is 5.87. The van der Waals surface area contributed by atoms with Crippen molar-refractivity contribution in [1.82, 2.24) is 0 Å². The fraction of sp³-hybridized carbons (Fsp3) is 0.259. The summed E-state index contributed by atoms with van der Waals surface area (Å²) in [6.45, 7) is 5.14. The van der Waals surface area contributed by atoms with E-state index in [0.29, 0.717) is 4.48 Å². The quantitative estimate of drug-likeness (QED) is 0.486. The fourth-order valence-corrected chi connectivity index (χ4v) is 3.30. The lowest BCUT2D eigenvalue weighted by Gasteiger charge is -2.41. The predicted molar refractivity (Wildman–Crippen MR) is 120 cm³/mol. The normalized spacial score (nSPS) is 12.2. The van der Waals surface area contributed by atoms with Crippen molar-refractivity contribution in [2.45, 2.75) is 31.5 Å². The van der Waals surface area contributed by atoms with Crippen molar-refractivity contribution in [2.24, 2.45) is 0 Å². The van der Waals surface area contributed by atoms with Crippen molar-refractivity contribution in [3.8, 4) is 11.8 Å². The van der Waals surface area contributed by atoms with Crippen molar-refractivity contribution in [3.05, 3.63) is 108 Å². The monoisotopic (exact) mass is 384 g/mol. The summed E-state index contributed by atoms with van der Waals surface area (Å²) in [6, 6.07) is 29.8. The molecular weight excluding hydrogens is 354 g/mol. The lowest BCUT2D eigenvalue weighted by Crippen LogP contribution is -2.54. The molecule has 0 atom stereocenters. The van der Waals surface area contributed by atoms with Gasteiger partial charge >= 0.3 is 0 Å². The van der Waals surface area contributed by atoms with Crippen LogP contribution in [0.1, 0.15) is 30.5 Å². The Kier molecular flexibility index (Phi) is 5.94. The Labute approximate surface area is 175 Å². The molecular formula is C27H30NO+. The molecule has 0 aliphatic carbocycles. The number of quaternary nitrogens is 1. The molecule has 0 amide bonds. The largest absolute Gasteiger partial charge is 0.369 e. The molecule has 0 heterocycles. The highest BCUT2D eigenvalue weighted by Gasteiger charge is 2.37. The maximum Gasteiger partial charge on any atom is 0.177 e. The zero-order valence-corrected chi connectivity index (χ0v) is 17.8. The lowest BCUT2D eigenvalue weighted by atomic mass is 9.85. The second-order valence-corrected chi connectivity index (χ2v) is 8.58. The van der Waals surface area contributed by atoms with Crippen molar-refractivity contribution >= 4 is 0 Å². The summed E-state index contributed by atoms with van der Waals surface area (Å²) in [6.07, 6.45) is 0. The van der Waals surface area contributed by atoms with Crippen LogP contribution in [0.2, 0.25) is 0 Å². The average molecular weight is 385 g/mol. The Bertz CT molecular complexity index is 941. The van der Waals surface area contributed by atoms with Crippen molar-refractivity contribution in [2.75, 3.05) is 14.1 Å². The molecule has 0 aliphatic rings. The van der Waals surface area contributed by atoms with Gasteiger partial charge in [-0.15, -0.1) is 0 Å². The van der Waals surface area contributed by atoms with Crippen LogP contribution in [0.4, 0.5) is 0 Å². The molecule has 29 heavy (non-hydrogen) atoms. The highest BCUT2D eigenvalue weighted by molar-refractivity contribution is 5.45. The smallest absolute Gasteiger partial charge is 0.177 e. The minimum absolute atomic E-state index is 0.368. The summed E-state index contributed by atoms with van der Waals surface area (Å²) >= 11 is 0. The number of nitrogens with zero attached hydrogens (tertiary/aromatic N) is 1. The van der Waals surface area contributed by atoms with Crippen LogP contribution in [-0.4, -0.2) is 29.2 Å². The van der Waals surface area contributed by atoms with Gasteiger partial charge in [-0.2, -0.15) is 0 Å². The van der Waals surface area contributed by atoms with E-state index < -0.39 is 5.60 Å². The maximum absolute atomic E-state index is 11.7. The number of benzene rings is 3. The van der Waals surface area contributed by atoms with Gasteiger partial charge in [0.05, 0.1) is 14.1 Å². The second-order valence-electron chi connectivity index (χ2n) is 8.58. The molecule has 0 aliphatic heterocycles. The van der Waals surface area contributed by atoms with Gasteiger partial charge < -0.3 is 9.59 Å². The molecule has 2 nitrogen and oxygen atoms in total. The molecule has 0 aromatic heterocycles. The van der Waals surface area contributed by atoms with Gasteiger partial charge in [0.25, 0.3) is 0 Å². The SMILES string of the molecule is CC(C)(C#CC(O)(c1ccccc1)c1ccccc1)[N+](C)(C)Cc1ccccc1. The van der Waals surface area contributed by atoms with E-state index >= 15 is 0 Å². The minimum atomic E-state index is -1.35. The summed E-state index contributed by atoms with van der Waals surface area (Å²) in [5.41, 5.74) is 1.11. The molecule has 0 unspecified atom stereocenters. The Morgan fingerprint density at radius 2 is 1.10 bits per heavy atom. The van der Waals surface area contributed by atoms with Crippen LogP contribution < -0.4 is 0 Å². The third kappa shape index (κ3) is 4.59. The highest BCUT2D eigenvalue weighted by Crippen LogP contribution is 2.30. The Morgan fingerprint density at radius 1 is 0.690 bits per heavy atom. The average Bonchev–Trinajstić information content (AvgIpc) is 2.73. The number of rotatable bonds is 5. The molecule has 0 fully saturated rings. The van der Waals surface area contributed by atoms with Crippen LogP contribution in [0.3, 0.4) is 0 Å². The zero-order valence-electron chi connectivity index (χ0n) is 17.8. The molecule has 2 heteroatoms. The first-order valence-electron chi connectivity index (χ1n) is 9.99. The molecule has 1 N–H and O–H groups in total. The van der Waals surface area contributed by atoms with Crippen molar-refractivity contribution < 1.29 is 9.59 Å². The minimum Gasteiger partial charge on any atom is -0.369 e. The van der Waals surface area contributed by atoms with E-state index in [2.05, 4.69) is 64.0 Å². The van der Waals surface area contributed by atoms with Crippen LogP contribution in [0.15, 0.2) is 91.0 Å². The van der Waals surface area contributed by atoms with Gasteiger partial charge in [-0.3, -0.25) is 0 Å². The van der Waals surface area contributed by atoms with Crippen LogP contribution >= 0.6 is 0 Å². The number of hydrogen-bond acceptors (Lipinski definition) is 1. The first-order valence-corrected chi connectivity index (χ1v) is 9.99. The van der Waals surface area contributed by atoms with Gasteiger partial charge in [-0.05, 0) is 5.92 Å². The van der Waals surface area contributed by atoms with Gasteiger partial charge in [0.15, 0.2) is 11.1 Å². The number of aliphatic hydroxyl groups is 1. The van der Waals surface area contributed by atoms with Gasteiger partial charge in [-0.1, -0.05) is 96.9 Å². The van der Waals surface area contributed by atoms with E-state index in [1.165, 1.54) is 5.56 Å². The van der Waals surface area contributed by atoms with E-state index in [1.54, 1.807) is 0 Å². The molecule has 0 saturated carbocycles. The summed E-state index contributed by atoms with van der Waals surface area (Å²) in [4.78, 5) is 0. The molecule has 0 saturated heterocycles. The Balaban J connectivity index is 2.00. The van der Waals surface area contributed by atoms with Crippen LogP contribution in [0.25, 0.3) is 0 Å². The van der Waals surface area contributed by atoms with Gasteiger partial charge in [0.1, 0.15) is 6.54 Å². The summed E-state index contributed by atoms with van der Waals surface area (Å²) in [5, 5.41) is 11.7. The van der Waals surface area contributed by atoms with Crippen molar-refractivity contribution in [3.63, 3.8) is 0 Å². The Hall–Kier alpha value is -2.86. The van der Waals surface area contributed by atoms with E-state index in [-0.39, 0.29) is 5.54 Å². The third-order valence-electron chi connectivity index (χ3n) is 5.87. The van der Waals surface area contributed by atoms with Crippen LogP contribution in [0.5, 0.6) is 0 Å². The highest BCUT2D eigenvalue weighted by atomic mass is 16.3. The van der Waals surface area contributed by atoms with Crippen LogP contribution in [-0.2, 0) is 12.1 Å². The van der Waals surface area contributed by atoms with E-state index in [9.17, 15) is 5.11 Å². The van der Waals surface area contributed by atoms with Crippen molar-refractivity contribution in [1.29, 1.82) is 0 Å². The molecule has 0 spiro atoms. The fourth-order valence-electron chi connectivity index (χ4n) is 3.30. The molecule has 148 valence electrons. The van der Waals surface area contributed by atoms with Crippen LogP contribution in [0, 0.1) is 11.8 Å². The molecule has 3 aromatic carbocycles. The predicted octanol–water partition coefficient (Wildman–Crippen LogP) is 4.98. The first-order chi connectivity index (χ1) is 13.7. The maximum atomic E-state index is 11.7. The van der Waals surface area contributed by atoms with Gasteiger partial charge in [0, 0.05) is 30.5 Å². The lowest BCUT2D eigenvalue weighted by molar-refractivity contribution is -0.941. The molecule has 0 bridgehead atoms. The van der Waals surface area contributed by atoms with Gasteiger partial charge in [0.2, 0.25) is 0 Å². The molecule has 3 rings (SSSR count). The van der Waals surface area contributed by atoms with E-state index in [4.69, 9.17) is 0 Å². The van der Waals surface area contributed by atoms with E-state index in [1.807, 2.05) is 66.7 Å². The first kappa shape index (κ1) is 20.9. The summed E-state index contributed by atoms with van der Waals surface area (Å²) < 4.78 is 0.684. The topological polar surface area (TPSA) is 20.2 Å². The molecule has 0 radical (unpaired) electrons. The summed E-state index contributed by atoms with van der Waals surface area (Å²) in [7, 11) is 4.37. The van der Waals surface area contributed by atoms with E-state index in [0.717, 1.165) is 17.7 Å². The van der Waals surface area contributed by atoms with Gasteiger partial charge in [-0.25, -0.2) is 0 Å². The second kappa shape index (κ2) is 8.25. The Morgan fingerprint density at radius 3 is 1.55 bits per heavy atom. The summed E-state index contributed by atoms with van der Waals surface area (Å²) in [5.74, 6) is 6.68. The number of hydrogen-bond donors (Lipinski definition) is 1. The molecule has 3 aromatic rings.